The Balaban J connectivity index is 2.31. The Morgan fingerprint density at radius 3 is 2.58 bits per heavy atom. The summed E-state index contributed by atoms with van der Waals surface area (Å²) in [6.07, 6.45) is 0.404. The van der Waals surface area contributed by atoms with E-state index in [0.29, 0.717) is 12.2 Å². The molecule has 0 saturated carbocycles. The normalized spacial score (nSPS) is 9.47. The van der Waals surface area contributed by atoms with Crippen LogP contribution in [-0.4, -0.2) is 25.0 Å². The fourth-order valence-corrected chi connectivity index (χ4v) is 1.48. The van der Waals surface area contributed by atoms with Crippen molar-refractivity contribution < 1.29 is 14.3 Å². The second-order valence-corrected chi connectivity index (χ2v) is 3.89. The van der Waals surface area contributed by atoms with Crippen molar-refractivity contribution in [1.29, 1.82) is 5.26 Å². The molecule has 1 N–H and O–H groups in total. The minimum Gasteiger partial charge on any atom is -0.466 e. The number of nitriles is 1. The van der Waals surface area contributed by atoms with Gasteiger partial charge in [-0.25, -0.2) is 0 Å². The molecule has 0 aliphatic carbocycles. The average Bonchev–Trinajstić information content (AvgIpc) is 2.40. The molecule has 0 bridgehead atoms. The van der Waals surface area contributed by atoms with E-state index in [4.69, 9.17) is 10.00 Å². The summed E-state index contributed by atoms with van der Waals surface area (Å²) in [5.74, 6) is -0.477. The van der Waals surface area contributed by atoms with Crippen LogP contribution in [0.2, 0.25) is 0 Å². The molecule has 5 nitrogen and oxygen atoms in total. The van der Waals surface area contributed by atoms with Crippen LogP contribution in [0.25, 0.3) is 0 Å². The van der Waals surface area contributed by atoms with Gasteiger partial charge in [0.25, 0.3) is 0 Å². The van der Waals surface area contributed by atoms with Gasteiger partial charge in [0.1, 0.15) is 0 Å². The molecule has 5 heteroatoms. The molecule has 0 radical (unpaired) electrons. The highest BCUT2D eigenvalue weighted by Crippen LogP contribution is 2.03. The quantitative estimate of drug-likeness (QED) is 0.779. The Morgan fingerprint density at radius 1 is 1.32 bits per heavy atom. The first-order valence-electron chi connectivity index (χ1n) is 6.07. The number of hydrogen-bond acceptors (Lipinski definition) is 4. The summed E-state index contributed by atoms with van der Waals surface area (Å²) >= 11 is 0. The standard InChI is InChI=1S/C14H16N2O3/c1-2-19-14(18)7-8-16-13(17)9-11-3-5-12(10-15)6-4-11/h3-6H,2,7-9H2,1H3,(H,16,17). The number of carbonyl (C=O) groups excluding carboxylic acids is 2. The zero-order valence-corrected chi connectivity index (χ0v) is 10.8. The summed E-state index contributed by atoms with van der Waals surface area (Å²) in [5.41, 5.74) is 1.39. The topological polar surface area (TPSA) is 79.2 Å². The number of hydrogen-bond donors (Lipinski definition) is 1. The van der Waals surface area contributed by atoms with Crippen molar-refractivity contribution in [1.82, 2.24) is 5.32 Å². The van der Waals surface area contributed by atoms with Crippen LogP contribution in [-0.2, 0) is 20.7 Å². The molecule has 0 spiro atoms. The molecule has 0 atom stereocenters. The number of esters is 1. The van der Waals surface area contributed by atoms with Gasteiger partial charge >= 0.3 is 5.97 Å². The zero-order valence-electron chi connectivity index (χ0n) is 10.8. The van der Waals surface area contributed by atoms with Gasteiger partial charge in [-0.3, -0.25) is 9.59 Å². The Bertz CT molecular complexity index is 474. The first kappa shape index (κ1) is 14.7. The summed E-state index contributed by atoms with van der Waals surface area (Å²) in [5, 5.41) is 11.3. The summed E-state index contributed by atoms with van der Waals surface area (Å²) in [4.78, 5) is 22.6. The minimum atomic E-state index is -0.318. The van der Waals surface area contributed by atoms with E-state index in [0.717, 1.165) is 5.56 Å². The monoisotopic (exact) mass is 260 g/mol. The Kier molecular flexibility index (Phi) is 6.10. The van der Waals surface area contributed by atoms with Gasteiger partial charge in [-0.1, -0.05) is 12.1 Å². The number of nitrogens with one attached hydrogen (secondary N) is 1. The van der Waals surface area contributed by atoms with Gasteiger partial charge in [0, 0.05) is 6.54 Å². The molecule has 1 rings (SSSR count). The molecule has 0 aromatic heterocycles. The molecule has 0 unspecified atom stereocenters. The van der Waals surface area contributed by atoms with E-state index < -0.39 is 0 Å². The van der Waals surface area contributed by atoms with Gasteiger partial charge < -0.3 is 10.1 Å². The van der Waals surface area contributed by atoms with E-state index >= 15 is 0 Å². The van der Waals surface area contributed by atoms with Crippen LogP contribution in [0.5, 0.6) is 0 Å². The third-order valence-corrected chi connectivity index (χ3v) is 2.40. The van der Waals surface area contributed by atoms with Crippen LogP contribution in [0.15, 0.2) is 24.3 Å². The lowest BCUT2D eigenvalue weighted by Gasteiger charge is -2.05. The maximum atomic E-state index is 11.6. The lowest BCUT2D eigenvalue weighted by atomic mass is 10.1. The molecule has 1 amide bonds. The maximum Gasteiger partial charge on any atom is 0.307 e. The molecular formula is C14H16N2O3. The van der Waals surface area contributed by atoms with Crippen LogP contribution in [0.1, 0.15) is 24.5 Å². The molecule has 19 heavy (non-hydrogen) atoms. The van der Waals surface area contributed by atoms with Crippen LogP contribution < -0.4 is 5.32 Å². The Morgan fingerprint density at radius 2 is 2.00 bits per heavy atom. The largest absolute Gasteiger partial charge is 0.466 e. The number of rotatable bonds is 6. The van der Waals surface area contributed by atoms with E-state index in [1.54, 1.807) is 31.2 Å². The molecule has 0 heterocycles. The number of benzene rings is 1. The summed E-state index contributed by atoms with van der Waals surface area (Å²) < 4.78 is 4.75. The number of amides is 1. The van der Waals surface area contributed by atoms with Gasteiger partial charge in [0.2, 0.25) is 5.91 Å². The van der Waals surface area contributed by atoms with E-state index in [1.165, 1.54) is 0 Å². The highest BCUT2D eigenvalue weighted by molar-refractivity contribution is 5.79. The number of carbonyl (C=O) groups is 2. The Hall–Kier alpha value is -2.35. The lowest BCUT2D eigenvalue weighted by Crippen LogP contribution is -2.27. The van der Waals surface area contributed by atoms with E-state index in [9.17, 15) is 9.59 Å². The predicted octanol–water partition coefficient (Wildman–Crippen LogP) is 1.17. The second-order valence-electron chi connectivity index (χ2n) is 3.89. The highest BCUT2D eigenvalue weighted by atomic mass is 16.5. The van der Waals surface area contributed by atoms with Crippen molar-refractivity contribution in [2.45, 2.75) is 19.8 Å². The summed E-state index contributed by atoms with van der Waals surface area (Å²) in [7, 11) is 0. The molecular weight excluding hydrogens is 244 g/mol. The van der Waals surface area contributed by atoms with Crippen LogP contribution in [0.3, 0.4) is 0 Å². The van der Waals surface area contributed by atoms with E-state index in [2.05, 4.69) is 5.32 Å². The van der Waals surface area contributed by atoms with Gasteiger partial charge in [-0.2, -0.15) is 5.26 Å². The van der Waals surface area contributed by atoms with Gasteiger partial charge in [0.15, 0.2) is 0 Å². The maximum absolute atomic E-state index is 11.6. The molecule has 100 valence electrons. The van der Waals surface area contributed by atoms with E-state index in [1.807, 2.05) is 6.07 Å². The van der Waals surface area contributed by atoms with Gasteiger partial charge in [0.05, 0.1) is 31.1 Å². The average molecular weight is 260 g/mol. The van der Waals surface area contributed by atoms with Crippen molar-refractivity contribution >= 4 is 11.9 Å². The Labute approximate surface area is 112 Å². The summed E-state index contributed by atoms with van der Waals surface area (Å²) in [6, 6.07) is 8.83. The van der Waals surface area contributed by atoms with Crippen molar-refractivity contribution in [3.8, 4) is 6.07 Å². The van der Waals surface area contributed by atoms with E-state index in [-0.39, 0.29) is 31.3 Å². The third kappa shape index (κ3) is 5.68. The smallest absolute Gasteiger partial charge is 0.307 e. The van der Waals surface area contributed by atoms with Gasteiger partial charge in [-0.05, 0) is 24.6 Å². The van der Waals surface area contributed by atoms with Crippen LogP contribution >= 0.6 is 0 Å². The number of ether oxygens (including phenoxy) is 1. The van der Waals surface area contributed by atoms with Crippen molar-refractivity contribution in [2.24, 2.45) is 0 Å². The molecule has 0 aliphatic rings. The minimum absolute atomic E-state index is 0.158. The van der Waals surface area contributed by atoms with Crippen molar-refractivity contribution in [3.63, 3.8) is 0 Å². The van der Waals surface area contributed by atoms with Crippen molar-refractivity contribution in [2.75, 3.05) is 13.2 Å². The summed E-state index contributed by atoms with van der Waals surface area (Å²) in [6.45, 7) is 2.35. The molecule has 0 aliphatic heterocycles. The first-order valence-corrected chi connectivity index (χ1v) is 6.07. The SMILES string of the molecule is CCOC(=O)CCNC(=O)Cc1ccc(C#N)cc1. The zero-order chi connectivity index (χ0) is 14.1. The lowest BCUT2D eigenvalue weighted by molar-refractivity contribution is -0.143. The molecule has 1 aromatic rings. The fraction of sp³-hybridized carbons (Fsp3) is 0.357. The van der Waals surface area contributed by atoms with Crippen LogP contribution in [0, 0.1) is 11.3 Å². The number of nitrogens with zero attached hydrogens (tertiary/aromatic N) is 1. The molecule has 0 saturated heterocycles. The highest BCUT2D eigenvalue weighted by Gasteiger charge is 2.05. The first-order chi connectivity index (χ1) is 9.15. The van der Waals surface area contributed by atoms with Crippen LogP contribution in [0.4, 0.5) is 0 Å². The van der Waals surface area contributed by atoms with Gasteiger partial charge in [-0.15, -0.1) is 0 Å². The molecule has 0 fully saturated rings. The molecule has 1 aromatic carbocycles. The predicted molar refractivity (Wildman–Crippen MR) is 69.1 cm³/mol. The fourth-order valence-electron chi connectivity index (χ4n) is 1.48. The second kappa shape index (κ2) is 7.88. The third-order valence-electron chi connectivity index (χ3n) is 2.40. The van der Waals surface area contributed by atoms with Crippen molar-refractivity contribution in [3.05, 3.63) is 35.4 Å².